The first kappa shape index (κ1) is 24.8. The maximum absolute atomic E-state index is 12.3. The fourth-order valence-corrected chi connectivity index (χ4v) is 2.95. The molecule has 6 heteroatoms. The largest absolute Gasteiger partial charge is 0.493 e. The van der Waals surface area contributed by atoms with Crippen molar-refractivity contribution in [1.82, 2.24) is 10.2 Å². The summed E-state index contributed by atoms with van der Waals surface area (Å²) in [5.41, 5.74) is 2.59. The smallest absolute Gasteiger partial charge is 0.258 e. The molecule has 5 nitrogen and oxygen atoms in total. The molecule has 0 aliphatic heterocycles. The van der Waals surface area contributed by atoms with E-state index in [1.54, 1.807) is 19.2 Å². The number of amides is 1. The molecule has 0 saturated heterocycles. The first-order chi connectivity index (χ1) is 13.2. The molecule has 0 aliphatic rings. The van der Waals surface area contributed by atoms with Crippen molar-refractivity contribution in [3.63, 3.8) is 0 Å². The number of nitrogens with zero attached hydrogens (tertiary/aromatic N) is 1. The van der Waals surface area contributed by atoms with Gasteiger partial charge in [-0.1, -0.05) is 57.2 Å². The standard InChI is InChI=1S/C23H32N2O3.ClH/c1-23(2,3)18-13-11-17(12-14-18)19(25(4)5)15-24-22(26)16-28-21-10-8-7-9-20(21)27-6;/h7-14,19H,15-16H2,1-6H3,(H,24,26);1H. The lowest BCUT2D eigenvalue weighted by Gasteiger charge is -2.26. The molecule has 0 spiro atoms. The van der Waals surface area contributed by atoms with Crippen molar-refractivity contribution in [2.24, 2.45) is 0 Å². The van der Waals surface area contributed by atoms with Gasteiger partial charge in [0.1, 0.15) is 0 Å². The van der Waals surface area contributed by atoms with E-state index in [1.807, 2.05) is 26.2 Å². The van der Waals surface area contributed by atoms with E-state index < -0.39 is 0 Å². The summed E-state index contributed by atoms with van der Waals surface area (Å²) in [6.45, 7) is 7.06. The number of benzene rings is 2. The summed E-state index contributed by atoms with van der Waals surface area (Å²) < 4.78 is 10.8. The Morgan fingerprint density at radius 2 is 1.62 bits per heavy atom. The molecule has 29 heavy (non-hydrogen) atoms. The third-order valence-corrected chi connectivity index (χ3v) is 4.71. The normalized spacial score (nSPS) is 12.1. The molecule has 0 saturated carbocycles. The third-order valence-electron chi connectivity index (χ3n) is 4.71. The summed E-state index contributed by atoms with van der Waals surface area (Å²) in [7, 11) is 5.61. The highest BCUT2D eigenvalue weighted by molar-refractivity contribution is 5.85. The van der Waals surface area contributed by atoms with Gasteiger partial charge in [-0.05, 0) is 42.8 Å². The molecule has 1 N–H and O–H groups in total. The second-order valence-corrected chi connectivity index (χ2v) is 8.10. The number of carbonyl (C=O) groups excluding carboxylic acids is 1. The molecule has 1 atom stereocenters. The fourth-order valence-electron chi connectivity index (χ4n) is 2.95. The van der Waals surface area contributed by atoms with Crippen molar-refractivity contribution in [2.75, 3.05) is 34.4 Å². The number of nitrogens with one attached hydrogen (secondary N) is 1. The van der Waals surface area contributed by atoms with Crippen LogP contribution in [0, 0.1) is 0 Å². The molecule has 1 unspecified atom stereocenters. The first-order valence-electron chi connectivity index (χ1n) is 9.51. The number of hydrogen-bond donors (Lipinski definition) is 1. The van der Waals surface area contributed by atoms with Gasteiger partial charge in [0.15, 0.2) is 18.1 Å². The van der Waals surface area contributed by atoms with Crippen molar-refractivity contribution in [3.05, 3.63) is 59.7 Å². The van der Waals surface area contributed by atoms with Crippen molar-refractivity contribution >= 4 is 18.3 Å². The molecule has 2 aromatic carbocycles. The van der Waals surface area contributed by atoms with E-state index in [2.05, 4.69) is 55.3 Å². The minimum atomic E-state index is -0.163. The van der Waals surface area contributed by atoms with Crippen LogP contribution in [-0.2, 0) is 10.2 Å². The number of methoxy groups -OCH3 is 1. The van der Waals surface area contributed by atoms with Crippen LogP contribution in [0.25, 0.3) is 0 Å². The van der Waals surface area contributed by atoms with E-state index in [-0.39, 0.29) is 36.4 Å². The maximum atomic E-state index is 12.3. The van der Waals surface area contributed by atoms with E-state index in [1.165, 1.54) is 11.1 Å². The molecular formula is C23H33ClN2O3. The molecule has 0 aliphatic carbocycles. The van der Waals surface area contributed by atoms with Gasteiger partial charge in [-0.15, -0.1) is 12.4 Å². The zero-order valence-electron chi connectivity index (χ0n) is 18.2. The Morgan fingerprint density at radius 1 is 1.03 bits per heavy atom. The Hall–Kier alpha value is -2.24. The summed E-state index contributed by atoms with van der Waals surface area (Å²) >= 11 is 0. The van der Waals surface area contributed by atoms with Crippen LogP contribution in [-0.4, -0.2) is 45.2 Å². The third kappa shape index (κ3) is 7.26. The summed E-state index contributed by atoms with van der Waals surface area (Å²) in [6, 6.07) is 16.0. The van der Waals surface area contributed by atoms with Crippen molar-refractivity contribution in [3.8, 4) is 11.5 Å². The zero-order valence-corrected chi connectivity index (χ0v) is 19.0. The molecule has 0 bridgehead atoms. The predicted octanol–water partition coefficient (Wildman–Crippen LogP) is 4.21. The quantitative estimate of drug-likeness (QED) is 0.694. The summed E-state index contributed by atoms with van der Waals surface area (Å²) in [5.74, 6) is 1.01. The minimum Gasteiger partial charge on any atom is -0.493 e. The lowest BCUT2D eigenvalue weighted by atomic mass is 9.86. The SMILES string of the molecule is COc1ccccc1OCC(=O)NCC(c1ccc(C(C)(C)C)cc1)N(C)C.Cl. The fraction of sp³-hybridized carbons (Fsp3) is 0.435. The van der Waals surface area contributed by atoms with Gasteiger partial charge in [0, 0.05) is 6.54 Å². The Kier molecular flexibility index (Phi) is 9.47. The molecule has 0 fully saturated rings. The number of hydrogen-bond acceptors (Lipinski definition) is 4. The zero-order chi connectivity index (χ0) is 20.7. The molecule has 2 aromatic rings. The van der Waals surface area contributed by atoms with Crippen LogP contribution in [0.2, 0.25) is 0 Å². The minimum absolute atomic E-state index is 0. The molecule has 0 radical (unpaired) electrons. The highest BCUT2D eigenvalue weighted by Gasteiger charge is 2.18. The predicted molar refractivity (Wildman–Crippen MR) is 120 cm³/mol. The molecular weight excluding hydrogens is 388 g/mol. The number of ether oxygens (including phenoxy) is 2. The molecule has 2 rings (SSSR count). The number of halogens is 1. The Morgan fingerprint density at radius 3 is 2.14 bits per heavy atom. The van der Waals surface area contributed by atoms with E-state index in [0.29, 0.717) is 18.0 Å². The Balaban J connectivity index is 0.00000420. The van der Waals surface area contributed by atoms with Gasteiger partial charge in [0.2, 0.25) is 0 Å². The summed E-state index contributed by atoms with van der Waals surface area (Å²) in [4.78, 5) is 14.4. The second-order valence-electron chi connectivity index (χ2n) is 8.10. The molecule has 0 heterocycles. The first-order valence-corrected chi connectivity index (χ1v) is 9.51. The van der Waals surface area contributed by atoms with Gasteiger partial charge in [-0.3, -0.25) is 4.79 Å². The van der Waals surface area contributed by atoms with Crippen molar-refractivity contribution < 1.29 is 14.3 Å². The van der Waals surface area contributed by atoms with E-state index in [0.717, 1.165) is 0 Å². The number of likely N-dealkylation sites (N-methyl/N-ethyl adjacent to an activating group) is 1. The Labute approximate surface area is 180 Å². The van der Waals surface area contributed by atoms with Gasteiger partial charge < -0.3 is 19.7 Å². The number of rotatable bonds is 8. The highest BCUT2D eigenvalue weighted by Crippen LogP contribution is 2.26. The van der Waals surface area contributed by atoms with E-state index in [9.17, 15) is 4.79 Å². The summed E-state index contributed by atoms with van der Waals surface area (Å²) in [5, 5.41) is 2.97. The van der Waals surface area contributed by atoms with Crippen LogP contribution in [0.15, 0.2) is 48.5 Å². The molecule has 160 valence electrons. The average molecular weight is 421 g/mol. The van der Waals surface area contributed by atoms with Crippen LogP contribution in [0.4, 0.5) is 0 Å². The van der Waals surface area contributed by atoms with Gasteiger partial charge in [0.25, 0.3) is 5.91 Å². The topological polar surface area (TPSA) is 50.8 Å². The maximum Gasteiger partial charge on any atom is 0.258 e. The number of para-hydroxylation sites is 2. The van der Waals surface area contributed by atoms with E-state index >= 15 is 0 Å². The average Bonchev–Trinajstić information content (AvgIpc) is 2.66. The number of carbonyl (C=O) groups is 1. The van der Waals surface area contributed by atoms with Crippen LogP contribution < -0.4 is 14.8 Å². The van der Waals surface area contributed by atoms with Gasteiger partial charge in [0.05, 0.1) is 13.2 Å². The monoisotopic (exact) mass is 420 g/mol. The lowest BCUT2D eigenvalue weighted by Crippen LogP contribution is -2.37. The Bertz CT molecular complexity index is 770. The van der Waals surface area contributed by atoms with Crippen LogP contribution in [0.1, 0.15) is 37.9 Å². The molecule has 1 amide bonds. The summed E-state index contributed by atoms with van der Waals surface area (Å²) in [6.07, 6.45) is 0. The van der Waals surface area contributed by atoms with Crippen LogP contribution in [0.3, 0.4) is 0 Å². The van der Waals surface area contributed by atoms with Gasteiger partial charge in [-0.2, -0.15) is 0 Å². The molecule has 0 aromatic heterocycles. The van der Waals surface area contributed by atoms with Crippen LogP contribution >= 0.6 is 12.4 Å². The van der Waals surface area contributed by atoms with Gasteiger partial charge in [-0.25, -0.2) is 0 Å². The second kappa shape index (κ2) is 11.1. The van der Waals surface area contributed by atoms with Gasteiger partial charge >= 0.3 is 0 Å². The van der Waals surface area contributed by atoms with Crippen LogP contribution in [0.5, 0.6) is 11.5 Å². The highest BCUT2D eigenvalue weighted by atomic mass is 35.5. The van der Waals surface area contributed by atoms with Crippen molar-refractivity contribution in [1.29, 1.82) is 0 Å². The van der Waals surface area contributed by atoms with E-state index in [4.69, 9.17) is 9.47 Å². The lowest BCUT2D eigenvalue weighted by molar-refractivity contribution is -0.123. The van der Waals surface area contributed by atoms with Crippen molar-refractivity contribution in [2.45, 2.75) is 32.2 Å².